The van der Waals surface area contributed by atoms with E-state index in [9.17, 15) is 9.18 Å². The lowest BCUT2D eigenvalue weighted by Crippen LogP contribution is -1.88. The van der Waals surface area contributed by atoms with Gasteiger partial charge in [-0.3, -0.25) is 8.77 Å². The van der Waals surface area contributed by atoms with Gasteiger partial charge in [0, 0.05) is 35.7 Å². The molecule has 2 rings (SSSR count). The summed E-state index contributed by atoms with van der Waals surface area (Å²) in [6.07, 6.45) is 0.767. The van der Waals surface area contributed by atoms with Crippen LogP contribution in [0.1, 0.15) is 10.5 Å². The van der Waals surface area contributed by atoms with E-state index >= 15 is 0 Å². The van der Waals surface area contributed by atoms with Gasteiger partial charge in [-0.1, -0.05) is 0 Å². The van der Waals surface area contributed by atoms with Crippen molar-refractivity contribution in [2.45, 2.75) is 0 Å². The predicted octanol–water partition coefficient (Wildman–Crippen LogP) is 3.44. The Kier molecular flexibility index (Phi) is 2.78. The van der Waals surface area contributed by atoms with Gasteiger partial charge < -0.3 is 0 Å². The molecule has 5 heteroatoms. The van der Waals surface area contributed by atoms with Crippen molar-refractivity contribution in [1.82, 2.24) is 3.97 Å². The molecule has 1 heterocycles. The molecular weight excluding hydrogens is 316 g/mol. The lowest BCUT2D eigenvalue weighted by atomic mass is 10.2. The number of fused-ring (bicyclic) bond motifs is 1. The number of carbonyl (C=O) groups excluding carboxylic acids is 1. The van der Waals surface area contributed by atoms with Crippen LogP contribution in [0.5, 0.6) is 0 Å². The van der Waals surface area contributed by atoms with Gasteiger partial charge >= 0.3 is 0 Å². The lowest BCUT2D eigenvalue weighted by molar-refractivity contribution is 0.111. The van der Waals surface area contributed by atoms with Crippen LogP contribution in [0.4, 0.5) is 4.39 Å². The number of carbonyl (C=O) groups is 1. The summed E-state index contributed by atoms with van der Waals surface area (Å²) in [4.78, 5) is 10.7. The molecule has 0 spiro atoms. The molecule has 0 bridgehead atoms. The minimum atomic E-state index is -0.287. The fourth-order valence-electron chi connectivity index (χ4n) is 1.34. The molecule has 2 nitrogen and oxygen atoms in total. The van der Waals surface area contributed by atoms with Crippen LogP contribution in [0, 0.1) is 5.82 Å². The Balaban J connectivity index is 2.79. The van der Waals surface area contributed by atoms with Crippen LogP contribution >= 0.6 is 30.3 Å². The van der Waals surface area contributed by atoms with Crippen LogP contribution in [0.3, 0.4) is 0 Å². The van der Waals surface area contributed by atoms with Crippen molar-refractivity contribution in [1.29, 1.82) is 0 Å². The molecule has 0 atom stereocenters. The number of rotatable bonds is 2. The molecule has 14 heavy (non-hydrogen) atoms. The van der Waals surface area contributed by atoms with Gasteiger partial charge in [-0.15, -0.1) is 0 Å². The van der Waals surface area contributed by atoms with E-state index in [2.05, 4.69) is 21.2 Å². The van der Waals surface area contributed by atoms with Crippen LogP contribution < -0.4 is 0 Å². The van der Waals surface area contributed by atoms with E-state index in [4.69, 9.17) is 0 Å². The molecule has 0 aliphatic rings. The van der Waals surface area contributed by atoms with E-state index in [1.54, 1.807) is 16.1 Å². The van der Waals surface area contributed by atoms with Crippen molar-refractivity contribution in [2.24, 2.45) is 0 Å². The molecule has 2 aromatic rings. The van der Waals surface area contributed by atoms with Gasteiger partial charge in [0.05, 0.1) is 11.2 Å². The summed E-state index contributed by atoms with van der Waals surface area (Å²) in [5.74, 6) is -0.287. The lowest BCUT2D eigenvalue weighted by Gasteiger charge is -1.99. The van der Waals surface area contributed by atoms with Crippen LogP contribution in [-0.2, 0) is 0 Å². The highest BCUT2D eigenvalue weighted by Crippen LogP contribution is 2.27. The van der Waals surface area contributed by atoms with Crippen molar-refractivity contribution in [2.75, 3.05) is 0 Å². The maximum atomic E-state index is 12.9. The second kappa shape index (κ2) is 3.90. The van der Waals surface area contributed by atoms with Gasteiger partial charge in [0.1, 0.15) is 5.82 Å². The largest absolute Gasteiger partial charge is 0.296 e. The van der Waals surface area contributed by atoms with E-state index in [-0.39, 0.29) is 5.82 Å². The van der Waals surface area contributed by atoms with E-state index < -0.39 is 0 Å². The normalized spacial score (nSPS) is 10.7. The van der Waals surface area contributed by atoms with Gasteiger partial charge in [0.2, 0.25) is 0 Å². The molecule has 0 unspecified atom stereocenters. The molecular formula is C9H5FINOS. The van der Waals surface area contributed by atoms with Crippen molar-refractivity contribution in [3.8, 4) is 0 Å². The maximum absolute atomic E-state index is 12.9. The summed E-state index contributed by atoms with van der Waals surface area (Å²) < 4.78 is 14.6. The zero-order valence-electron chi connectivity index (χ0n) is 6.91. The zero-order chi connectivity index (χ0) is 10.1. The zero-order valence-corrected chi connectivity index (χ0v) is 9.88. The number of benzene rings is 1. The number of hydrogen-bond donors (Lipinski definition) is 0. The highest BCUT2D eigenvalue weighted by Gasteiger charge is 2.08. The minimum Gasteiger partial charge on any atom is -0.296 e. The third-order valence-corrected chi connectivity index (χ3v) is 3.66. The third-order valence-electron chi connectivity index (χ3n) is 1.94. The average Bonchev–Trinajstić information content (AvgIpc) is 2.54. The number of halogens is 2. The van der Waals surface area contributed by atoms with Crippen molar-refractivity contribution >= 4 is 47.5 Å². The first-order valence-electron chi connectivity index (χ1n) is 3.81. The third kappa shape index (κ3) is 1.54. The van der Waals surface area contributed by atoms with Crippen LogP contribution in [0.15, 0.2) is 24.3 Å². The topological polar surface area (TPSA) is 22.0 Å². The number of aromatic nitrogens is 1. The molecule has 0 radical (unpaired) electrons. The molecule has 72 valence electrons. The monoisotopic (exact) mass is 321 g/mol. The second-order valence-electron chi connectivity index (χ2n) is 2.75. The number of aldehydes is 1. The van der Waals surface area contributed by atoms with Gasteiger partial charge in [-0.2, -0.15) is 0 Å². The van der Waals surface area contributed by atoms with E-state index in [1.807, 2.05) is 0 Å². The van der Waals surface area contributed by atoms with Crippen molar-refractivity contribution in [3.05, 3.63) is 35.8 Å². The Morgan fingerprint density at radius 1 is 1.43 bits per heavy atom. The Morgan fingerprint density at radius 3 is 2.86 bits per heavy atom. The van der Waals surface area contributed by atoms with Crippen LogP contribution in [0.2, 0.25) is 0 Å². The van der Waals surface area contributed by atoms with Gasteiger partial charge in [0.15, 0.2) is 6.29 Å². The van der Waals surface area contributed by atoms with Crippen LogP contribution in [0.25, 0.3) is 10.9 Å². The molecule has 0 N–H and O–H groups in total. The molecule has 0 saturated carbocycles. The summed E-state index contributed by atoms with van der Waals surface area (Å²) in [5.41, 5.74) is 1.40. The van der Waals surface area contributed by atoms with Gasteiger partial charge in [0.25, 0.3) is 0 Å². The Hall–Kier alpha value is -0.560. The quantitative estimate of drug-likeness (QED) is 0.624. The summed E-state index contributed by atoms with van der Waals surface area (Å²) in [7, 11) is 1.39. The molecule has 1 aromatic carbocycles. The standard InChI is InChI=1S/C9H5FINOS/c10-7-1-2-9-6(3-7)4-8(5-13)12(9)14-11/h1-5H. The van der Waals surface area contributed by atoms with Gasteiger partial charge in [-0.05, 0) is 24.3 Å². The molecule has 1 aromatic heterocycles. The molecule has 0 fully saturated rings. The van der Waals surface area contributed by atoms with Crippen LogP contribution in [-0.4, -0.2) is 10.3 Å². The molecule has 0 aliphatic heterocycles. The van der Waals surface area contributed by atoms with Gasteiger partial charge in [-0.25, -0.2) is 4.39 Å². The van der Waals surface area contributed by atoms with Crippen molar-refractivity contribution in [3.63, 3.8) is 0 Å². The average molecular weight is 321 g/mol. The maximum Gasteiger partial charge on any atom is 0.167 e. The Bertz CT molecular complexity index is 497. The smallest absolute Gasteiger partial charge is 0.167 e. The fraction of sp³-hybridized carbons (Fsp3) is 0. The first kappa shape index (κ1) is 9.97. The Labute approximate surface area is 96.2 Å². The Morgan fingerprint density at radius 2 is 2.21 bits per heavy atom. The first-order valence-corrected chi connectivity index (χ1v) is 7.13. The first-order chi connectivity index (χ1) is 6.76. The summed E-state index contributed by atoms with van der Waals surface area (Å²) >= 11 is 2.08. The SMILES string of the molecule is O=Cc1cc2cc(F)ccc2n1SI. The second-order valence-corrected chi connectivity index (χ2v) is 4.44. The molecule has 0 aliphatic carbocycles. The predicted molar refractivity (Wildman–Crippen MR) is 64.3 cm³/mol. The molecule has 0 amide bonds. The summed E-state index contributed by atoms with van der Waals surface area (Å²) in [6.45, 7) is 0. The number of nitrogens with zero attached hydrogens (tertiary/aromatic N) is 1. The fourth-order valence-corrected chi connectivity index (χ4v) is 3.08. The summed E-state index contributed by atoms with van der Waals surface area (Å²) in [5, 5.41) is 0.747. The van der Waals surface area contributed by atoms with Crippen molar-refractivity contribution < 1.29 is 9.18 Å². The molecule has 0 saturated heterocycles. The summed E-state index contributed by atoms with van der Waals surface area (Å²) in [6, 6.07) is 6.16. The van der Waals surface area contributed by atoms with E-state index in [0.29, 0.717) is 5.69 Å². The van der Waals surface area contributed by atoms with E-state index in [0.717, 1.165) is 17.2 Å². The number of hydrogen-bond acceptors (Lipinski definition) is 2. The minimum absolute atomic E-state index is 0.287. The highest BCUT2D eigenvalue weighted by molar-refractivity contribution is 14.2. The highest BCUT2D eigenvalue weighted by atomic mass is 127. The van der Waals surface area contributed by atoms with E-state index in [1.165, 1.54) is 21.3 Å².